The minimum absolute atomic E-state index is 0.0831. The largest absolute Gasteiger partial charge is 0.495 e. The monoisotopic (exact) mass is 197 g/mol. The summed E-state index contributed by atoms with van der Waals surface area (Å²) in [6, 6.07) is 5.65. The summed E-state index contributed by atoms with van der Waals surface area (Å²) >= 11 is 0. The number of nitrogens with one attached hydrogen (secondary N) is 1. The highest BCUT2D eigenvalue weighted by molar-refractivity contribution is 5.57. The lowest BCUT2D eigenvalue weighted by Crippen LogP contribution is -2.18. The average Bonchev–Trinajstić information content (AvgIpc) is 2.15. The first-order valence-corrected chi connectivity index (χ1v) is 4.38. The third-order valence-electron chi connectivity index (χ3n) is 1.83. The Morgan fingerprint density at radius 1 is 1.43 bits per heavy atom. The lowest BCUT2D eigenvalue weighted by atomic mass is 10.2. The maximum Gasteiger partial charge on any atom is 0.169 e. The molecule has 0 bridgehead atoms. The van der Waals surface area contributed by atoms with Gasteiger partial charge in [-0.3, -0.25) is 0 Å². The summed E-state index contributed by atoms with van der Waals surface area (Å²) in [7, 11) is 1.57. The summed E-state index contributed by atoms with van der Waals surface area (Å²) in [4.78, 5) is 0. The van der Waals surface area contributed by atoms with E-state index in [2.05, 4.69) is 5.32 Å². The van der Waals surface area contributed by atoms with Crippen molar-refractivity contribution in [2.75, 3.05) is 19.0 Å². The number of hydrogen-bond acceptors (Lipinski definition) is 4. The van der Waals surface area contributed by atoms with E-state index >= 15 is 0 Å². The third-order valence-corrected chi connectivity index (χ3v) is 1.83. The molecule has 3 N–H and O–H groups in total. The standard InChI is InChI=1S/C10H15NO3/c1-7-3-4-9(14-2)8(5-7)11-6-10(12)13/h3-5,10-13H,6H2,1-2H3. The van der Waals surface area contributed by atoms with Crippen LogP contribution in [0.2, 0.25) is 0 Å². The Morgan fingerprint density at radius 3 is 2.71 bits per heavy atom. The van der Waals surface area contributed by atoms with Crippen LogP contribution in [-0.4, -0.2) is 30.2 Å². The summed E-state index contributed by atoms with van der Waals surface area (Å²) < 4.78 is 5.11. The number of hydrogen-bond donors (Lipinski definition) is 3. The highest BCUT2D eigenvalue weighted by Gasteiger charge is 2.03. The molecule has 0 saturated carbocycles. The summed E-state index contributed by atoms with van der Waals surface area (Å²) in [6.45, 7) is 2.04. The Hall–Kier alpha value is -1.26. The van der Waals surface area contributed by atoms with Crippen LogP contribution < -0.4 is 10.1 Å². The number of aliphatic hydroxyl groups is 2. The van der Waals surface area contributed by atoms with E-state index in [9.17, 15) is 0 Å². The Labute approximate surface area is 83.1 Å². The molecule has 0 atom stereocenters. The van der Waals surface area contributed by atoms with E-state index in [0.29, 0.717) is 5.75 Å². The number of aryl methyl sites for hydroxylation is 1. The second-order valence-electron chi connectivity index (χ2n) is 3.07. The van der Waals surface area contributed by atoms with Gasteiger partial charge < -0.3 is 20.3 Å². The van der Waals surface area contributed by atoms with Gasteiger partial charge in [0, 0.05) is 0 Å². The summed E-state index contributed by atoms with van der Waals surface area (Å²) in [5.41, 5.74) is 1.85. The highest BCUT2D eigenvalue weighted by atomic mass is 16.5. The quantitative estimate of drug-likeness (QED) is 0.623. The van der Waals surface area contributed by atoms with Crippen LogP contribution in [-0.2, 0) is 0 Å². The molecule has 0 fully saturated rings. The molecule has 0 spiro atoms. The molecule has 0 unspecified atom stereocenters. The molecule has 14 heavy (non-hydrogen) atoms. The van der Waals surface area contributed by atoms with Gasteiger partial charge in [0.25, 0.3) is 0 Å². The molecule has 78 valence electrons. The zero-order chi connectivity index (χ0) is 10.6. The fourth-order valence-corrected chi connectivity index (χ4v) is 1.16. The Bertz CT molecular complexity index is 299. The topological polar surface area (TPSA) is 61.7 Å². The third kappa shape index (κ3) is 2.90. The first-order chi connectivity index (χ1) is 6.63. The van der Waals surface area contributed by atoms with E-state index in [1.807, 2.05) is 25.1 Å². The fraction of sp³-hybridized carbons (Fsp3) is 0.400. The Morgan fingerprint density at radius 2 is 2.14 bits per heavy atom. The van der Waals surface area contributed by atoms with E-state index in [1.165, 1.54) is 0 Å². The lowest BCUT2D eigenvalue weighted by Gasteiger charge is -2.12. The zero-order valence-electron chi connectivity index (χ0n) is 8.32. The maximum absolute atomic E-state index is 8.70. The lowest BCUT2D eigenvalue weighted by molar-refractivity contribution is -0.0275. The molecular weight excluding hydrogens is 182 g/mol. The molecule has 0 aliphatic carbocycles. The van der Waals surface area contributed by atoms with Gasteiger partial charge in [-0.2, -0.15) is 0 Å². The molecule has 0 heterocycles. The molecule has 1 rings (SSSR count). The van der Waals surface area contributed by atoms with E-state index in [0.717, 1.165) is 11.3 Å². The Kier molecular flexibility index (Phi) is 3.73. The molecule has 0 aromatic heterocycles. The predicted molar refractivity (Wildman–Crippen MR) is 54.4 cm³/mol. The van der Waals surface area contributed by atoms with Gasteiger partial charge in [0.15, 0.2) is 6.29 Å². The molecule has 4 nitrogen and oxygen atoms in total. The van der Waals surface area contributed by atoms with Gasteiger partial charge in [-0.15, -0.1) is 0 Å². The average molecular weight is 197 g/mol. The van der Waals surface area contributed by atoms with Gasteiger partial charge in [-0.05, 0) is 24.6 Å². The van der Waals surface area contributed by atoms with Gasteiger partial charge in [0.2, 0.25) is 0 Å². The van der Waals surface area contributed by atoms with Crippen LogP contribution in [0.1, 0.15) is 5.56 Å². The van der Waals surface area contributed by atoms with Gasteiger partial charge in [0.05, 0.1) is 19.3 Å². The molecule has 0 aliphatic heterocycles. The first-order valence-electron chi connectivity index (χ1n) is 4.38. The molecular formula is C10H15NO3. The fourth-order valence-electron chi connectivity index (χ4n) is 1.16. The second-order valence-corrected chi connectivity index (χ2v) is 3.07. The Balaban J connectivity index is 2.77. The van der Waals surface area contributed by atoms with E-state index < -0.39 is 6.29 Å². The number of benzene rings is 1. The highest BCUT2D eigenvalue weighted by Crippen LogP contribution is 2.24. The molecule has 4 heteroatoms. The van der Waals surface area contributed by atoms with Crippen molar-refractivity contribution in [1.82, 2.24) is 0 Å². The molecule has 0 amide bonds. The van der Waals surface area contributed by atoms with Crippen molar-refractivity contribution in [3.63, 3.8) is 0 Å². The van der Waals surface area contributed by atoms with Crippen molar-refractivity contribution >= 4 is 5.69 Å². The first kappa shape index (κ1) is 10.8. The smallest absolute Gasteiger partial charge is 0.169 e. The van der Waals surface area contributed by atoms with Crippen molar-refractivity contribution < 1.29 is 14.9 Å². The van der Waals surface area contributed by atoms with Crippen LogP contribution in [0.15, 0.2) is 18.2 Å². The van der Waals surface area contributed by atoms with Crippen LogP contribution in [0.3, 0.4) is 0 Å². The van der Waals surface area contributed by atoms with Crippen LogP contribution in [0.5, 0.6) is 5.75 Å². The van der Waals surface area contributed by atoms with Crippen LogP contribution in [0, 0.1) is 6.92 Å². The van der Waals surface area contributed by atoms with Crippen LogP contribution >= 0.6 is 0 Å². The normalized spacial score (nSPS) is 10.4. The van der Waals surface area contributed by atoms with Gasteiger partial charge in [-0.25, -0.2) is 0 Å². The minimum atomic E-state index is -1.36. The van der Waals surface area contributed by atoms with Gasteiger partial charge >= 0.3 is 0 Å². The molecule has 1 aromatic rings. The molecule has 1 aromatic carbocycles. The summed E-state index contributed by atoms with van der Waals surface area (Å²) in [5.74, 6) is 0.691. The SMILES string of the molecule is COc1ccc(C)cc1NCC(O)O. The number of anilines is 1. The van der Waals surface area contributed by atoms with Crippen molar-refractivity contribution in [3.8, 4) is 5.75 Å². The zero-order valence-corrected chi connectivity index (χ0v) is 8.32. The van der Waals surface area contributed by atoms with Crippen molar-refractivity contribution in [1.29, 1.82) is 0 Å². The second kappa shape index (κ2) is 4.83. The van der Waals surface area contributed by atoms with Gasteiger partial charge in [-0.1, -0.05) is 6.07 Å². The van der Waals surface area contributed by atoms with E-state index in [4.69, 9.17) is 14.9 Å². The summed E-state index contributed by atoms with van der Waals surface area (Å²) in [6.07, 6.45) is -1.36. The number of methoxy groups -OCH3 is 1. The maximum atomic E-state index is 8.70. The number of ether oxygens (including phenoxy) is 1. The van der Waals surface area contributed by atoms with E-state index in [-0.39, 0.29) is 6.54 Å². The summed E-state index contributed by atoms with van der Waals surface area (Å²) in [5, 5.41) is 20.3. The molecule has 0 radical (unpaired) electrons. The number of aliphatic hydroxyl groups excluding tert-OH is 1. The predicted octanol–water partition coefficient (Wildman–Crippen LogP) is 0.726. The van der Waals surface area contributed by atoms with Crippen LogP contribution in [0.25, 0.3) is 0 Å². The van der Waals surface area contributed by atoms with E-state index in [1.54, 1.807) is 7.11 Å². The molecule has 0 aliphatic rings. The number of rotatable bonds is 4. The van der Waals surface area contributed by atoms with Crippen molar-refractivity contribution in [3.05, 3.63) is 23.8 Å². The van der Waals surface area contributed by atoms with Gasteiger partial charge in [0.1, 0.15) is 5.75 Å². The van der Waals surface area contributed by atoms with Crippen LogP contribution in [0.4, 0.5) is 5.69 Å². The van der Waals surface area contributed by atoms with Crippen molar-refractivity contribution in [2.45, 2.75) is 13.2 Å². The van der Waals surface area contributed by atoms with Crippen molar-refractivity contribution in [2.24, 2.45) is 0 Å². The minimum Gasteiger partial charge on any atom is -0.495 e. The molecule has 0 saturated heterocycles.